The van der Waals surface area contributed by atoms with E-state index in [1.165, 1.54) is 0 Å². The number of hydrogen-bond acceptors (Lipinski definition) is 4. The molecule has 2 N–H and O–H groups in total. The number of imidazole rings is 1. The van der Waals surface area contributed by atoms with Gasteiger partial charge < -0.3 is 5.32 Å². The highest BCUT2D eigenvalue weighted by atomic mass is 15.1. The van der Waals surface area contributed by atoms with E-state index in [4.69, 9.17) is 0 Å². The third-order valence-corrected chi connectivity index (χ3v) is 3.26. The van der Waals surface area contributed by atoms with Gasteiger partial charge in [-0.15, -0.1) is 0 Å². The number of H-pyrrole nitrogens is 1. The van der Waals surface area contributed by atoms with Crippen LogP contribution in [-0.4, -0.2) is 24.6 Å². The van der Waals surface area contributed by atoms with Crippen molar-refractivity contribution in [1.82, 2.24) is 24.6 Å². The Hall–Kier alpha value is -3.15. The Morgan fingerprint density at radius 1 is 1.05 bits per heavy atom. The molecule has 0 amide bonds. The summed E-state index contributed by atoms with van der Waals surface area (Å²) in [5.41, 5.74) is 3.71. The fourth-order valence-corrected chi connectivity index (χ4v) is 2.27. The monoisotopic (exact) mass is 276 g/mol. The van der Waals surface area contributed by atoms with Crippen molar-refractivity contribution >= 4 is 17.2 Å². The van der Waals surface area contributed by atoms with Gasteiger partial charge >= 0.3 is 0 Å². The van der Waals surface area contributed by atoms with E-state index in [-0.39, 0.29) is 0 Å². The number of para-hydroxylation sites is 1. The van der Waals surface area contributed by atoms with Gasteiger partial charge in [0.05, 0.1) is 18.1 Å². The number of nitrogens with zero attached hydrogens (tertiary/aromatic N) is 4. The summed E-state index contributed by atoms with van der Waals surface area (Å²) in [5, 5.41) is 10.1. The van der Waals surface area contributed by atoms with Gasteiger partial charge in [-0.3, -0.25) is 9.50 Å². The van der Waals surface area contributed by atoms with Crippen LogP contribution in [0.15, 0.2) is 61.3 Å². The average Bonchev–Trinajstić information content (AvgIpc) is 3.17. The Morgan fingerprint density at radius 2 is 1.95 bits per heavy atom. The molecule has 0 aliphatic heterocycles. The van der Waals surface area contributed by atoms with Gasteiger partial charge in [0.15, 0.2) is 11.5 Å². The first kappa shape index (κ1) is 11.7. The van der Waals surface area contributed by atoms with Crippen LogP contribution in [0.3, 0.4) is 0 Å². The average molecular weight is 276 g/mol. The predicted octanol–water partition coefficient (Wildman–Crippen LogP) is 2.86. The first-order valence-corrected chi connectivity index (χ1v) is 6.55. The molecular formula is C15H12N6. The number of anilines is 2. The third kappa shape index (κ3) is 2.02. The van der Waals surface area contributed by atoms with E-state index in [0.717, 1.165) is 28.4 Å². The number of hydrogen-bond donors (Lipinski definition) is 2. The zero-order valence-electron chi connectivity index (χ0n) is 11.1. The predicted molar refractivity (Wildman–Crippen MR) is 80.3 cm³/mol. The molecule has 21 heavy (non-hydrogen) atoms. The zero-order chi connectivity index (χ0) is 14.1. The molecule has 1 aromatic carbocycles. The van der Waals surface area contributed by atoms with Crippen LogP contribution in [0.1, 0.15) is 0 Å². The second kappa shape index (κ2) is 4.75. The number of nitrogens with one attached hydrogen (secondary N) is 2. The number of aromatic nitrogens is 5. The summed E-state index contributed by atoms with van der Waals surface area (Å²) in [6, 6.07) is 9.91. The zero-order valence-corrected chi connectivity index (χ0v) is 11.1. The second-order valence-corrected chi connectivity index (χ2v) is 4.59. The molecule has 4 aromatic rings. The fraction of sp³-hybridized carbons (Fsp3) is 0. The van der Waals surface area contributed by atoms with Crippen molar-refractivity contribution < 1.29 is 0 Å². The van der Waals surface area contributed by atoms with Gasteiger partial charge in [-0.25, -0.2) is 9.97 Å². The Morgan fingerprint density at radius 3 is 2.76 bits per heavy atom. The van der Waals surface area contributed by atoms with Crippen molar-refractivity contribution in [2.75, 3.05) is 5.32 Å². The molecule has 0 fully saturated rings. The lowest BCUT2D eigenvalue weighted by Crippen LogP contribution is -1.98. The second-order valence-electron chi connectivity index (χ2n) is 4.59. The maximum absolute atomic E-state index is 4.47. The Bertz CT molecular complexity index is 864. The molecular weight excluding hydrogens is 264 g/mol. The van der Waals surface area contributed by atoms with Gasteiger partial charge in [-0.1, -0.05) is 18.2 Å². The topological polar surface area (TPSA) is 70.9 Å². The maximum atomic E-state index is 4.47. The van der Waals surface area contributed by atoms with Crippen molar-refractivity contribution in [1.29, 1.82) is 0 Å². The molecule has 6 heteroatoms. The molecule has 3 heterocycles. The minimum Gasteiger partial charge on any atom is -0.337 e. The Balaban J connectivity index is 1.81. The fourth-order valence-electron chi connectivity index (χ4n) is 2.27. The number of benzene rings is 1. The summed E-state index contributed by atoms with van der Waals surface area (Å²) >= 11 is 0. The van der Waals surface area contributed by atoms with Crippen molar-refractivity contribution in [3.8, 4) is 11.3 Å². The van der Waals surface area contributed by atoms with Crippen molar-refractivity contribution in [3.05, 3.63) is 61.3 Å². The molecule has 0 atom stereocenters. The molecule has 0 bridgehead atoms. The van der Waals surface area contributed by atoms with Crippen LogP contribution in [0.5, 0.6) is 0 Å². The molecule has 102 valence electrons. The quantitative estimate of drug-likeness (QED) is 0.603. The first-order chi connectivity index (χ1) is 10.4. The van der Waals surface area contributed by atoms with Crippen LogP contribution < -0.4 is 5.32 Å². The molecule has 0 aliphatic rings. The van der Waals surface area contributed by atoms with Crippen LogP contribution in [0.25, 0.3) is 16.9 Å². The number of aromatic amines is 1. The first-order valence-electron chi connectivity index (χ1n) is 6.55. The molecule has 0 radical (unpaired) electrons. The summed E-state index contributed by atoms with van der Waals surface area (Å²) in [4.78, 5) is 8.85. The van der Waals surface area contributed by atoms with E-state index in [0.29, 0.717) is 0 Å². The largest absolute Gasteiger partial charge is 0.337 e. The van der Waals surface area contributed by atoms with Gasteiger partial charge in [0.25, 0.3) is 0 Å². The van der Waals surface area contributed by atoms with Gasteiger partial charge in [0.2, 0.25) is 0 Å². The normalized spacial score (nSPS) is 10.9. The van der Waals surface area contributed by atoms with Crippen molar-refractivity contribution in [2.45, 2.75) is 0 Å². The summed E-state index contributed by atoms with van der Waals surface area (Å²) in [7, 11) is 0. The lowest BCUT2D eigenvalue weighted by Gasteiger charge is -2.07. The Labute approximate surface area is 120 Å². The van der Waals surface area contributed by atoms with Crippen LogP contribution in [0, 0.1) is 0 Å². The van der Waals surface area contributed by atoms with E-state index in [1.54, 1.807) is 12.4 Å². The van der Waals surface area contributed by atoms with Gasteiger partial charge in [-0.05, 0) is 12.1 Å². The summed E-state index contributed by atoms with van der Waals surface area (Å²) in [6.07, 6.45) is 9.07. The number of rotatable bonds is 3. The van der Waals surface area contributed by atoms with Gasteiger partial charge in [0, 0.05) is 29.8 Å². The summed E-state index contributed by atoms with van der Waals surface area (Å²) in [6.45, 7) is 0. The SMILES string of the molecule is c1ccc(Nc2nccn3c(-c4cn[nH]c4)cnc23)cc1. The smallest absolute Gasteiger partial charge is 0.180 e. The molecule has 4 rings (SSSR count). The van der Waals surface area contributed by atoms with Crippen LogP contribution in [0.4, 0.5) is 11.5 Å². The highest BCUT2D eigenvalue weighted by molar-refractivity contribution is 5.73. The standard InChI is InChI=1S/C15H12N6/c1-2-4-12(5-3-1)20-14-15-17-10-13(11-8-18-19-9-11)21(15)7-6-16-14/h1-10H,(H,16,20)(H,18,19). The molecule has 0 spiro atoms. The van der Waals surface area contributed by atoms with Crippen LogP contribution in [-0.2, 0) is 0 Å². The third-order valence-electron chi connectivity index (χ3n) is 3.26. The van der Waals surface area contributed by atoms with E-state index < -0.39 is 0 Å². The lowest BCUT2D eigenvalue weighted by molar-refractivity contribution is 1.09. The molecule has 0 saturated heterocycles. The maximum Gasteiger partial charge on any atom is 0.180 e. The summed E-state index contributed by atoms with van der Waals surface area (Å²) in [5.74, 6) is 0.721. The highest BCUT2D eigenvalue weighted by Crippen LogP contribution is 2.24. The molecule has 0 unspecified atom stereocenters. The molecule has 0 saturated carbocycles. The van der Waals surface area contributed by atoms with E-state index in [9.17, 15) is 0 Å². The number of fused-ring (bicyclic) bond motifs is 1. The van der Waals surface area contributed by atoms with Crippen molar-refractivity contribution in [3.63, 3.8) is 0 Å². The van der Waals surface area contributed by atoms with E-state index >= 15 is 0 Å². The van der Waals surface area contributed by atoms with Crippen LogP contribution in [0.2, 0.25) is 0 Å². The van der Waals surface area contributed by atoms with Crippen LogP contribution >= 0.6 is 0 Å². The van der Waals surface area contributed by atoms with Gasteiger partial charge in [0.1, 0.15) is 0 Å². The lowest BCUT2D eigenvalue weighted by atomic mass is 10.3. The Kier molecular flexibility index (Phi) is 2.64. The van der Waals surface area contributed by atoms with E-state index in [1.807, 2.05) is 53.3 Å². The van der Waals surface area contributed by atoms with Gasteiger partial charge in [-0.2, -0.15) is 5.10 Å². The molecule has 3 aromatic heterocycles. The summed E-state index contributed by atoms with van der Waals surface area (Å²) < 4.78 is 1.99. The minimum atomic E-state index is 0.721. The van der Waals surface area contributed by atoms with Crippen molar-refractivity contribution in [2.24, 2.45) is 0 Å². The molecule has 0 aliphatic carbocycles. The minimum absolute atomic E-state index is 0.721. The van der Waals surface area contributed by atoms with E-state index in [2.05, 4.69) is 25.5 Å². The molecule has 6 nitrogen and oxygen atoms in total. The highest BCUT2D eigenvalue weighted by Gasteiger charge is 2.10.